The van der Waals surface area contributed by atoms with Crippen molar-refractivity contribution >= 4 is 28.8 Å². The van der Waals surface area contributed by atoms with Gasteiger partial charge in [0.05, 0.1) is 12.0 Å². The maximum atomic E-state index is 13.8. The maximum absolute atomic E-state index is 13.8. The van der Waals surface area contributed by atoms with Gasteiger partial charge in [-0.3, -0.25) is 4.79 Å². The Morgan fingerprint density at radius 2 is 2.25 bits per heavy atom. The maximum Gasteiger partial charge on any atom is 0.343 e. The minimum Gasteiger partial charge on any atom is -0.462 e. The highest BCUT2D eigenvalue weighted by Crippen LogP contribution is 2.21. The number of ether oxygens (including phenoxy) is 1. The Morgan fingerprint density at radius 3 is 2.90 bits per heavy atom. The van der Waals surface area contributed by atoms with Gasteiger partial charge in [-0.2, -0.15) is 0 Å². The lowest BCUT2D eigenvalue weighted by Gasteiger charge is -2.05. The van der Waals surface area contributed by atoms with Crippen LogP contribution in [0.3, 0.4) is 0 Å². The Morgan fingerprint density at radius 1 is 1.50 bits per heavy atom. The fraction of sp³-hybridized carbons (Fsp3) is 0.308. The minimum absolute atomic E-state index is 0.0357. The number of aromatic amines is 1. The fourth-order valence-corrected chi connectivity index (χ4v) is 2.33. The molecule has 2 heterocycles. The molecule has 0 spiro atoms. The van der Waals surface area contributed by atoms with Gasteiger partial charge in [-0.25, -0.2) is 14.2 Å². The van der Waals surface area contributed by atoms with Gasteiger partial charge in [0.1, 0.15) is 16.2 Å². The monoisotopic (exact) mass is 296 g/mol. The summed E-state index contributed by atoms with van der Waals surface area (Å²) in [5, 5.41) is 0.257. The number of halogens is 1. The molecule has 0 aliphatic rings. The van der Waals surface area contributed by atoms with Gasteiger partial charge in [-0.15, -0.1) is 11.8 Å². The molecule has 0 radical (unpaired) electrons. The number of thioether (sulfide) groups is 1. The molecule has 0 saturated heterocycles. The molecular weight excluding hydrogens is 283 g/mol. The summed E-state index contributed by atoms with van der Waals surface area (Å²) < 4.78 is 18.6. The highest BCUT2D eigenvalue weighted by Gasteiger charge is 2.16. The number of nitrogens with one attached hydrogen (secondary N) is 1. The molecule has 1 N–H and O–H groups in total. The third kappa shape index (κ3) is 2.67. The summed E-state index contributed by atoms with van der Waals surface area (Å²) in [5.41, 5.74) is -0.492. The summed E-state index contributed by atoms with van der Waals surface area (Å²) in [4.78, 5) is 30.5. The largest absolute Gasteiger partial charge is 0.462 e. The Bertz CT molecular complexity index is 715. The summed E-state index contributed by atoms with van der Waals surface area (Å²) in [6.45, 7) is 3.68. The van der Waals surface area contributed by atoms with E-state index in [1.165, 1.54) is 18.0 Å². The van der Waals surface area contributed by atoms with E-state index in [0.29, 0.717) is 5.75 Å². The van der Waals surface area contributed by atoms with Crippen molar-refractivity contribution < 1.29 is 13.9 Å². The number of esters is 1. The molecular formula is C13H13FN2O3S. The highest BCUT2D eigenvalue weighted by atomic mass is 32.2. The SMILES string of the molecule is CCOC(=O)c1c[nH]c2nc(SCC)c(F)cc2c1=O. The molecule has 2 aromatic heterocycles. The normalized spacial score (nSPS) is 10.8. The fourth-order valence-electron chi connectivity index (χ4n) is 1.70. The zero-order chi connectivity index (χ0) is 14.7. The van der Waals surface area contributed by atoms with Crippen molar-refractivity contribution in [2.45, 2.75) is 18.9 Å². The zero-order valence-electron chi connectivity index (χ0n) is 11.0. The number of hydrogen-bond donors (Lipinski definition) is 1. The molecule has 0 unspecified atom stereocenters. The smallest absolute Gasteiger partial charge is 0.343 e. The van der Waals surface area contributed by atoms with Gasteiger partial charge in [0, 0.05) is 6.20 Å². The number of H-pyrrole nitrogens is 1. The number of carbonyl (C=O) groups excluding carboxylic acids is 1. The van der Waals surface area contributed by atoms with Crippen LogP contribution < -0.4 is 5.43 Å². The number of nitrogens with zero attached hydrogens (tertiary/aromatic N) is 1. The van der Waals surface area contributed by atoms with Crippen molar-refractivity contribution in [3.8, 4) is 0 Å². The molecule has 0 aliphatic heterocycles. The number of aromatic nitrogens is 2. The van der Waals surface area contributed by atoms with E-state index in [-0.39, 0.29) is 28.2 Å². The summed E-state index contributed by atoms with van der Waals surface area (Å²) in [6, 6.07) is 1.10. The van der Waals surface area contributed by atoms with Crippen LogP contribution in [0, 0.1) is 5.82 Å². The topological polar surface area (TPSA) is 72.1 Å². The number of pyridine rings is 2. The van der Waals surface area contributed by atoms with Crippen LogP contribution in [0.15, 0.2) is 22.1 Å². The predicted octanol–water partition coefficient (Wildman–Crippen LogP) is 2.35. The van der Waals surface area contributed by atoms with Crippen molar-refractivity contribution in [2.24, 2.45) is 0 Å². The van der Waals surface area contributed by atoms with E-state index < -0.39 is 17.2 Å². The zero-order valence-corrected chi connectivity index (χ0v) is 11.8. The van der Waals surface area contributed by atoms with E-state index in [2.05, 4.69) is 9.97 Å². The summed E-state index contributed by atoms with van der Waals surface area (Å²) >= 11 is 1.24. The first-order chi connectivity index (χ1) is 9.58. The van der Waals surface area contributed by atoms with Crippen LogP contribution in [0.1, 0.15) is 24.2 Å². The van der Waals surface area contributed by atoms with Crippen molar-refractivity contribution in [3.63, 3.8) is 0 Å². The first kappa shape index (κ1) is 14.5. The Kier molecular flexibility index (Phi) is 4.39. The summed E-state index contributed by atoms with van der Waals surface area (Å²) in [5.74, 6) is -0.639. The molecule has 20 heavy (non-hydrogen) atoms. The van der Waals surface area contributed by atoms with Gasteiger partial charge in [0.2, 0.25) is 5.43 Å². The van der Waals surface area contributed by atoms with Gasteiger partial charge in [0.25, 0.3) is 0 Å². The second-order valence-corrected chi connectivity index (χ2v) is 5.11. The van der Waals surface area contributed by atoms with Crippen LogP contribution in [-0.2, 0) is 4.74 Å². The minimum atomic E-state index is -0.733. The van der Waals surface area contributed by atoms with Crippen LogP contribution in [0.25, 0.3) is 11.0 Å². The molecule has 0 atom stereocenters. The van der Waals surface area contributed by atoms with E-state index >= 15 is 0 Å². The number of rotatable bonds is 4. The standard InChI is InChI=1S/C13H13FN2O3S/c1-3-19-13(18)8-6-15-11-7(10(8)17)5-9(14)12(16-11)20-4-2/h5-6H,3-4H2,1-2H3,(H,15,16,17). The van der Waals surface area contributed by atoms with Crippen molar-refractivity contribution in [2.75, 3.05) is 12.4 Å². The van der Waals surface area contributed by atoms with Gasteiger partial charge in [-0.1, -0.05) is 6.92 Å². The Balaban J connectivity index is 2.59. The number of carbonyl (C=O) groups is 1. The second-order valence-electron chi connectivity index (χ2n) is 3.86. The van der Waals surface area contributed by atoms with E-state index in [1.54, 1.807) is 6.92 Å². The molecule has 5 nitrogen and oxygen atoms in total. The Labute approximate surface area is 118 Å². The molecule has 7 heteroatoms. The van der Waals surface area contributed by atoms with Gasteiger partial charge in [-0.05, 0) is 18.7 Å². The van der Waals surface area contributed by atoms with Crippen LogP contribution >= 0.6 is 11.8 Å². The molecule has 0 saturated carbocycles. The summed E-state index contributed by atoms with van der Waals surface area (Å²) in [6.07, 6.45) is 1.24. The van der Waals surface area contributed by atoms with Crippen LogP contribution in [0.5, 0.6) is 0 Å². The third-order valence-electron chi connectivity index (χ3n) is 2.56. The quantitative estimate of drug-likeness (QED) is 0.692. The number of fused-ring (bicyclic) bond motifs is 1. The van der Waals surface area contributed by atoms with Crippen LogP contribution in [0.2, 0.25) is 0 Å². The van der Waals surface area contributed by atoms with E-state index in [1.807, 2.05) is 6.92 Å². The lowest BCUT2D eigenvalue weighted by molar-refractivity contribution is 0.0524. The summed E-state index contributed by atoms with van der Waals surface area (Å²) in [7, 11) is 0. The van der Waals surface area contributed by atoms with E-state index in [4.69, 9.17) is 4.74 Å². The lowest BCUT2D eigenvalue weighted by Crippen LogP contribution is -2.18. The molecule has 0 bridgehead atoms. The molecule has 106 valence electrons. The first-order valence-corrected chi connectivity index (χ1v) is 7.08. The van der Waals surface area contributed by atoms with Crippen molar-refractivity contribution in [1.29, 1.82) is 0 Å². The van der Waals surface area contributed by atoms with Gasteiger partial charge in [0.15, 0.2) is 5.82 Å². The lowest BCUT2D eigenvalue weighted by atomic mass is 10.2. The molecule has 2 aromatic rings. The third-order valence-corrected chi connectivity index (χ3v) is 3.41. The van der Waals surface area contributed by atoms with Crippen LogP contribution in [-0.4, -0.2) is 28.3 Å². The van der Waals surface area contributed by atoms with Crippen LogP contribution in [0.4, 0.5) is 4.39 Å². The van der Waals surface area contributed by atoms with Gasteiger partial charge >= 0.3 is 5.97 Å². The van der Waals surface area contributed by atoms with Crippen molar-refractivity contribution in [3.05, 3.63) is 33.9 Å². The van der Waals surface area contributed by atoms with E-state index in [0.717, 1.165) is 6.07 Å². The average Bonchev–Trinajstić information content (AvgIpc) is 2.41. The molecule has 0 amide bonds. The molecule has 2 rings (SSSR count). The van der Waals surface area contributed by atoms with Crippen molar-refractivity contribution in [1.82, 2.24) is 9.97 Å². The second kappa shape index (κ2) is 6.04. The average molecular weight is 296 g/mol. The van der Waals surface area contributed by atoms with E-state index in [9.17, 15) is 14.0 Å². The molecule has 0 fully saturated rings. The highest BCUT2D eigenvalue weighted by molar-refractivity contribution is 7.99. The molecule has 0 aliphatic carbocycles. The molecule has 0 aromatic carbocycles. The predicted molar refractivity (Wildman–Crippen MR) is 74.7 cm³/mol. The number of hydrogen-bond acceptors (Lipinski definition) is 5. The van der Waals surface area contributed by atoms with Gasteiger partial charge < -0.3 is 9.72 Å². The Hall–Kier alpha value is -1.89. The first-order valence-electron chi connectivity index (χ1n) is 6.10.